The molecule has 1 fully saturated rings. The Bertz CT molecular complexity index is 1010. The number of rotatable bonds is 4. The fourth-order valence-corrected chi connectivity index (χ4v) is 6.04. The van der Waals surface area contributed by atoms with Crippen molar-refractivity contribution in [2.45, 2.75) is 10.3 Å². The molecule has 3 rings (SSSR count). The van der Waals surface area contributed by atoms with Gasteiger partial charge >= 0.3 is 6.03 Å². The maximum atomic E-state index is 13.2. The number of hydroxylamine groups is 1. The van der Waals surface area contributed by atoms with E-state index in [-0.39, 0.29) is 23.8 Å². The minimum Gasteiger partial charge on any atom is -0.341 e. The summed E-state index contributed by atoms with van der Waals surface area (Å²) in [6.45, 7) is -0.233. The topological polar surface area (TPSA) is 119 Å². The number of sulfonamides is 1. The molecule has 1 saturated heterocycles. The molecular weight excluding hydrogens is 423 g/mol. The zero-order valence-corrected chi connectivity index (χ0v) is 17.0. The van der Waals surface area contributed by atoms with Crippen molar-refractivity contribution in [3.63, 3.8) is 0 Å². The van der Waals surface area contributed by atoms with Crippen molar-refractivity contribution in [3.05, 3.63) is 42.2 Å². The molecule has 1 aliphatic heterocycles. The second-order valence-corrected chi connectivity index (χ2v) is 9.44. The first-order valence-electron chi connectivity index (χ1n) is 8.56. The first kappa shape index (κ1) is 21.2. The number of thiophene rings is 1. The molecule has 1 aliphatic rings. The van der Waals surface area contributed by atoms with Crippen LogP contribution in [-0.4, -0.2) is 67.5 Å². The summed E-state index contributed by atoms with van der Waals surface area (Å²) in [5.41, 5.74) is 2.13. The molecular formula is C17H19FN4O5S2. The van der Waals surface area contributed by atoms with E-state index in [2.05, 4.69) is 5.32 Å². The van der Waals surface area contributed by atoms with Crippen LogP contribution < -0.4 is 10.8 Å². The van der Waals surface area contributed by atoms with Crippen molar-refractivity contribution in [1.82, 2.24) is 20.0 Å². The summed E-state index contributed by atoms with van der Waals surface area (Å²) < 4.78 is 40.4. The van der Waals surface area contributed by atoms with E-state index in [9.17, 15) is 22.4 Å². The second-order valence-electron chi connectivity index (χ2n) is 6.23. The van der Waals surface area contributed by atoms with Crippen molar-refractivity contribution >= 4 is 33.3 Å². The van der Waals surface area contributed by atoms with E-state index in [1.165, 1.54) is 35.6 Å². The molecule has 156 valence electrons. The quantitative estimate of drug-likeness (QED) is 0.484. The number of benzene rings is 1. The minimum absolute atomic E-state index is 0.000887. The molecule has 3 N–H and O–H groups in total. The standard InChI is InChI=1S/C17H19FN4O5S2/c1-19-17(24)21-8-9-22(13(10-21)16(23)20-25)29(26,27)15-7-6-14(28-15)11-2-4-12(18)5-3-11/h2-7,13,25H,8-10H2,1H3,(H,19,24)(H,20,23)/t13-/m1/s1. The molecule has 1 aromatic carbocycles. The molecule has 12 heteroatoms. The van der Waals surface area contributed by atoms with E-state index in [1.54, 1.807) is 18.2 Å². The molecule has 29 heavy (non-hydrogen) atoms. The molecule has 1 atom stereocenters. The summed E-state index contributed by atoms with van der Waals surface area (Å²) in [7, 11) is -2.64. The van der Waals surface area contributed by atoms with E-state index in [0.717, 1.165) is 15.6 Å². The third-order valence-electron chi connectivity index (χ3n) is 4.52. The summed E-state index contributed by atoms with van der Waals surface area (Å²) in [6.07, 6.45) is 0. The molecule has 9 nitrogen and oxygen atoms in total. The van der Waals surface area contributed by atoms with Gasteiger partial charge in [0.1, 0.15) is 16.1 Å². The summed E-state index contributed by atoms with van der Waals surface area (Å²) in [4.78, 5) is 25.9. The zero-order chi connectivity index (χ0) is 21.2. The van der Waals surface area contributed by atoms with Gasteiger partial charge in [-0.15, -0.1) is 11.3 Å². The molecule has 0 saturated carbocycles. The van der Waals surface area contributed by atoms with Crippen LogP contribution in [-0.2, 0) is 14.8 Å². The van der Waals surface area contributed by atoms with Crippen LogP contribution in [0.15, 0.2) is 40.6 Å². The van der Waals surface area contributed by atoms with Crippen LogP contribution in [0.1, 0.15) is 0 Å². The molecule has 3 amide bonds. The Kier molecular flexibility index (Phi) is 6.17. The summed E-state index contributed by atoms with van der Waals surface area (Å²) in [5.74, 6) is -1.33. The number of hydrogen-bond acceptors (Lipinski definition) is 6. The van der Waals surface area contributed by atoms with Crippen molar-refractivity contribution in [2.75, 3.05) is 26.7 Å². The van der Waals surface area contributed by atoms with Gasteiger partial charge in [-0.2, -0.15) is 4.31 Å². The second kappa shape index (κ2) is 8.45. The number of carbonyl (C=O) groups excluding carboxylic acids is 2. The van der Waals surface area contributed by atoms with E-state index in [0.29, 0.717) is 10.4 Å². The molecule has 0 radical (unpaired) electrons. The normalized spacial score (nSPS) is 17.8. The zero-order valence-electron chi connectivity index (χ0n) is 15.3. The number of amides is 3. The first-order valence-corrected chi connectivity index (χ1v) is 10.8. The highest BCUT2D eigenvalue weighted by atomic mass is 32.2. The van der Waals surface area contributed by atoms with Gasteiger partial charge in [-0.3, -0.25) is 10.0 Å². The number of halogens is 1. The Labute approximate surface area is 170 Å². The SMILES string of the molecule is CNC(=O)N1CCN(S(=O)(=O)c2ccc(-c3ccc(F)cc3)s2)[C@@H](C(=O)NO)C1. The highest BCUT2D eigenvalue weighted by Crippen LogP contribution is 2.33. The third-order valence-corrected chi connectivity index (χ3v) is 8.03. The van der Waals surface area contributed by atoms with Gasteiger partial charge in [-0.25, -0.2) is 23.1 Å². The van der Waals surface area contributed by atoms with E-state index < -0.39 is 33.8 Å². The lowest BCUT2D eigenvalue weighted by Crippen LogP contribution is -2.62. The maximum Gasteiger partial charge on any atom is 0.317 e. The Morgan fingerprint density at radius 2 is 1.86 bits per heavy atom. The Morgan fingerprint density at radius 3 is 2.48 bits per heavy atom. The lowest BCUT2D eigenvalue weighted by molar-refractivity contribution is -0.134. The highest BCUT2D eigenvalue weighted by Gasteiger charge is 2.41. The van der Waals surface area contributed by atoms with Crippen molar-refractivity contribution in [2.24, 2.45) is 0 Å². The molecule has 0 unspecified atom stereocenters. The van der Waals surface area contributed by atoms with E-state index in [1.807, 2.05) is 0 Å². The van der Waals surface area contributed by atoms with Gasteiger partial charge in [0.2, 0.25) is 0 Å². The molecule has 0 aliphatic carbocycles. The summed E-state index contributed by atoms with van der Waals surface area (Å²) in [6, 6.07) is 6.93. The molecule has 2 heterocycles. The maximum absolute atomic E-state index is 13.2. The number of hydrogen-bond donors (Lipinski definition) is 3. The molecule has 0 spiro atoms. The highest BCUT2D eigenvalue weighted by molar-refractivity contribution is 7.91. The molecule has 2 aromatic rings. The van der Waals surface area contributed by atoms with Crippen molar-refractivity contribution in [1.29, 1.82) is 0 Å². The van der Waals surface area contributed by atoms with Gasteiger partial charge in [0, 0.05) is 31.6 Å². The number of piperazine rings is 1. The smallest absolute Gasteiger partial charge is 0.317 e. The van der Waals surface area contributed by atoms with E-state index in [4.69, 9.17) is 5.21 Å². The molecule has 1 aromatic heterocycles. The lowest BCUT2D eigenvalue weighted by Gasteiger charge is -2.38. The lowest BCUT2D eigenvalue weighted by atomic mass is 10.2. The van der Waals surface area contributed by atoms with Gasteiger partial charge in [-0.05, 0) is 29.8 Å². The van der Waals surface area contributed by atoms with E-state index >= 15 is 0 Å². The fraction of sp³-hybridized carbons (Fsp3) is 0.294. The van der Waals surface area contributed by atoms with Crippen LogP contribution in [0.5, 0.6) is 0 Å². The van der Waals surface area contributed by atoms with Crippen LogP contribution in [0, 0.1) is 5.82 Å². The van der Waals surface area contributed by atoms with Crippen molar-refractivity contribution in [3.8, 4) is 10.4 Å². The largest absolute Gasteiger partial charge is 0.341 e. The number of nitrogens with one attached hydrogen (secondary N) is 2. The predicted molar refractivity (Wildman–Crippen MR) is 103 cm³/mol. The average Bonchev–Trinajstić information content (AvgIpc) is 3.23. The van der Waals surface area contributed by atoms with Gasteiger partial charge in [0.05, 0.1) is 0 Å². The average molecular weight is 442 g/mol. The van der Waals surface area contributed by atoms with Crippen molar-refractivity contribution < 1.29 is 27.6 Å². The van der Waals surface area contributed by atoms with Gasteiger partial charge in [-0.1, -0.05) is 12.1 Å². The Balaban J connectivity index is 1.90. The Morgan fingerprint density at radius 1 is 1.17 bits per heavy atom. The third kappa shape index (κ3) is 4.24. The summed E-state index contributed by atoms with van der Waals surface area (Å²) in [5, 5.41) is 11.5. The minimum atomic E-state index is -4.07. The number of carbonyl (C=O) groups is 2. The first-order chi connectivity index (χ1) is 13.8. The Hall–Kier alpha value is -2.54. The monoisotopic (exact) mass is 442 g/mol. The number of nitrogens with zero attached hydrogens (tertiary/aromatic N) is 2. The predicted octanol–water partition coefficient (Wildman–Crippen LogP) is 1.07. The van der Waals surface area contributed by atoms with Crippen LogP contribution in [0.4, 0.5) is 9.18 Å². The van der Waals surface area contributed by atoms with Gasteiger partial charge in [0.15, 0.2) is 0 Å². The van der Waals surface area contributed by atoms with Crippen LogP contribution in [0.25, 0.3) is 10.4 Å². The van der Waals surface area contributed by atoms with Gasteiger partial charge in [0.25, 0.3) is 15.9 Å². The van der Waals surface area contributed by atoms with Gasteiger partial charge < -0.3 is 10.2 Å². The summed E-state index contributed by atoms with van der Waals surface area (Å²) >= 11 is 0.986. The van der Waals surface area contributed by atoms with Crippen LogP contribution >= 0.6 is 11.3 Å². The molecule has 0 bridgehead atoms. The van der Waals surface area contributed by atoms with Crippen LogP contribution in [0.3, 0.4) is 0 Å². The number of urea groups is 1. The fourth-order valence-electron chi connectivity index (χ4n) is 3.03. The van der Waals surface area contributed by atoms with Crippen LogP contribution in [0.2, 0.25) is 0 Å².